The molecule has 0 radical (unpaired) electrons. The second kappa shape index (κ2) is 6.83. The normalized spacial score (nSPS) is 10.4. The monoisotopic (exact) mass is 211 g/mol. The van der Waals surface area contributed by atoms with Crippen LogP contribution in [0.2, 0.25) is 5.02 Å². The Balaban J connectivity index is 2.18. The number of aromatic nitrogens is 1. The molecule has 0 spiro atoms. The van der Waals surface area contributed by atoms with E-state index in [1.165, 1.54) is 37.7 Å². The van der Waals surface area contributed by atoms with E-state index in [9.17, 15) is 0 Å². The summed E-state index contributed by atoms with van der Waals surface area (Å²) >= 11 is 5.84. The van der Waals surface area contributed by atoms with Crippen molar-refractivity contribution >= 4 is 11.6 Å². The van der Waals surface area contributed by atoms with Gasteiger partial charge < -0.3 is 0 Å². The molecule has 0 N–H and O–H groups in total. The lowest BCUT2D eigenvalue weighted by atomic mass is 10.1. The summed E-state index contributed by atoms with van der Waals surface area (Å²) in [5.41, 5.74) is 1.26. The zero-order chi connectivity index (χ0) is 10.2. The second-order valence-corrected chi connectivity index (χ2v) is 4.11. The van der Waals surface area contributed by atoms with Crippen LogP contribution in [0.15, 0.2) is 18.5 Å². The van der Waals surface area contributed by atoms with Gasteiger partial charge in [-0.3, -0.25) is 4.98 Å². The van der Waals surface area contributed by atoms with Crippen molar-refractivity contribution in [1.29, 1.82) is 0 Å². The van der Waals surface area contributed by atoms with Crippen LogP contribution >= 0.6 is 11.6 Å². The van der Waals surface area contributed by atoms with Crippen LogP contribution in [0.4, 0.5) is 0 Å². The van der Waals surface area contributed by atoms with Crippen LogP contribution < -0.4 is 0 Å². The fourth-order valence-electron chi connectivity index (χ4n) is 1.53. The van der Waals surface area contributed by atoms with Gasteiger partial charge in [-0.25, -0.2) is 0 Å². The van der Waals surface area contributed by atoms with Gasteiger partial charge >= 0.3 is 0 Å². The third-order valence-corrected chi connectivity index (χ3v) is 2.54. The van der Waals surface area contributed by atoms with Gasteiger partial charge in [-0.05, 0) is 24.5 Å². The van der Waals surface area contributed by atoms with Gasteiger partial charge in [0.15, 0.2) is 0 Å². The van der Waals surface area contributed by atoms with Crippen molar-refractivity contribution in [2.24, 2.45) is 0 Å². The summed E-state index contributed by atoms with van der Waals surface area (Å²) < 4.78 is 0. The van der Waals surface area contributed by atoms with Gasteiger partial charge in [0.05, 0.1) is 5.02 Å². The highest BCUT2D eigenvalue weighted by Gasteiger charge is 1.95. The minimum atomic E-state index is 0.746. The molecule has 0 aliphatic carbocycles. The van der Waals surface area contributed by atoms with Crippen LogP contribution in [0, 0.1) is 0 Å². The Morgan fingerprint density at radius 2 is 1.93 bits per heavy atom. The van der Waals surface area contributed by atoms with Gasteiger partial charge in [-0.15, -0.1) is 0 Å². The Labute approximate surface area is 91.5 Å². The van der Waals surface area contributed by atoms with E-state index in [1.54, 1.807) is 6.20 Å². The van der Waals surface area contributed by atoms with Crippen LogP contribution in [-0.2, 0) is 6.42 Å². The Morgan fingerprint density at radius 1 is 1.14 bits per heavy atom. The summed E-state index contributed by atoms with van der Waals surface area (Å²) in [4.78, 5) is 4.07. The first-order valence-corrected chi connectivity index (χ1v) is 5.80. The quantitative estimate of drug-likeness (QED) is 0.642. The van der Waals surface area contributed by atoms with Crippen molar-refractivity contribution in [2.75, 3.05) is 0 Å². The Morgan fingerprint density at radius 3 is 2.64 bits per heavy atom. The minimum absolute atomic E-state index is 0.746. The predicted octanol–water partition coefficient (Wildman–Crippen LogP) is 4.25. The standard InChI is InChI=1S/C12H18ClN/c1-2-3-4-5-6-7-11-8-12(13)10-14-9-11/h8-10H,2-7H2,1H3. The molecular weight excluding hydrogens is 194 g/mol. The van der Waals surface area contributed by atoms with E-state index in [0.717, 1.165) is 11.4 Å². The molecule has 0 atom stereocenters. The number of halogens is 1. The highest BCUT2D eigenvalue weighted by atomic mass is 35.5. The summed E-state index contributed by atoms with van der Waals surface area (Å²) in [7, 11) is 0. The third-order valence-electron chi connectivity index (χ3n) is 2.33. The van der Waals surface area contributed by atoms with Gasteiger partial charge in [0.1, 0.15) is 0 Å². The molecule has 0 aliphatic rings. The average Bonchev–Trinajstić information content (AvgIpc) is 2.18. The van der Waals surface area contributed by atoms with Gasteiger partial charge in [0, 0.05) is 12.4 Å². The number of unbranched alkanes of at least 4 members (excludes halogenated alkanes) is 4. The number of hydrogen-bond acceptors (Lipinski definition) is 1. The van der Waals surface area contributed by atoms with Gasteiger partial charge in [0.25, 0.3) is 0 Å². The number of pyridine rings is 1. The third kappa shape index (κ3) is 4.61. The summed E-state index contributed by atoms with van der Waals surface area (Å²) in [6, 6.07) is 2.01. The topological polar surface area (TPSA) is 12.9 Å². The molecule has 0 saturated carbocycles. The number of hydrogen-bond donors (Lipinski definition) is 0. The molecule has 0 amide bonds. The van der Waals surface area contributed by atoms with E-state index >= 15 is 0 Å². The van der Waals surface area contributed by atoms with Crippen molar-refractivity contribution in [3.63, 3.8) is 0 Å². The Hall–Kier alpha value is -0.560. The first-order chi connectivity index (χ1) is 6.83. The van der Waals surface area contributed by atoms with E-state index in [0.29, 0.717) is 0 Å². The molecule has 1 rings (SSSR count). The number of aryl methyl sites for hydroxylation is 1. The lowest BCUT2D eigenvalue weighted by molar-refractivity contribution is 0.632. The van der Waals surface area contributed by atoms with E-state index in [-0.39, 0.29) is 0 Å². The minimum Gasteiger partial charge on any atom is -0.263 e. The lowest BCUT2D eigenvalue weighted by Crippen LogP contribution is -1.87. The van der Waals surface area contributed by atoms with Crippen molar-refractivity contribution in [3.8, 4) is 0 Å². The SMILES string of the molecule is CCCCCCCc1cncc(Cl)c1. The van der Waals surface area contributed by atoms with Gasteiger partial charge in [-0.2, -0.15) is 0 Å². The Bertz CT molecular complexity index is 260. The number of nitrogens with zero attached hydrogens (tertiary/aromatic N) is 1. The van der Waals surface area contributed by atoms with Crippen LogP contribution in [-0.4, -0.2) is 4.98 Å². The average molecular weight is 212 g/mol. The van der Waals surface area contributed by atoms with Crippen LogP contribution in [0.3, 0.4) is 0 Å². The summed E-state index contributed by atoms with van der Waals surface area (Å²) in [6.07, 6.45) is 11.3. The largest absolute Gasteiger partial charge is 0.263 e. The van der Waals surface area contributed by atoms with Gasteiger partial charge in [0.2, 0.25) is 0 Å². The predicted molar refractivity (Wildman–Crippen MR) is 61.7 cm³/mol. The zero-order valence-corrected chi connectivity index (χ0v) is 9.56. The first-order valence-electron chi connectivity index (χ1n) is 5.42. The molecule has 1 aromatic heterocycles. The molecule has 1 aromatic rings. The van der Waals surface area contributed by atoms with Crippen molar-refractivity contribution in [3.05, 3.63) is 29.0 Å². The molecule has 2 heteroatoms. The Kier molecular flexibility index (Phi) is 5.62. The molecule has 78 valence electrons. The molecule has 0 aliphatic heterocycles. The zero-order valence-electron chi connectivity index (χ0n) is 8.80. The van der Waals surface area contributed by atoms with Crippen molar-refractivity contribution in [2.45, 2.75) is 45.4 Å². The smallest absolute Gasteiger partial charge is 0.0592 e. The molecule has 0 aromatic carbocycles. The highest BCUT2D eigenvalue weighted by Crippen LogP contribution is 2.12. The van der Waals surface area contributed by atoms with E-state index in [2.05, 4.69) is 11.9 Å². The first kappa shape index (κ1) is 11.5. The fraction of sp³-hybridized carbons (Fsp3) is 0.583. The highest BCUT2D eigenvalue weighted by molar-refractivity contribution is 6.30. The molecule has 0 fully saturated rings. The second-order valence-electron chi connectivity index (χ2n) is 3.68. The van der Waals surface area contributed by atoms with Gasteiger partial charge in [-0.1, -0.05) is 44.2 Å². The van der Waals surface area contributed by atoms with Crippen LogP contribution in [0.5, 0.6) is 0 Å². The lowest BCUT2D eigenvalue weighted by Gasteiger charge is -2.01. The maximum atomic E-state index is 5.84. The summed E-state index contributed by atoms with van der Waals surface area (Å²) in [5, 5.41) is 0.746. The van der Waals surface area contributed by atoms with Crippen molar-refractivity contribution < 1.29 is 0 Å². The molecule has 0 bridgehead atoms. The number of rotatable bonds is 6. The van der Waals surface area contributed by atoms with E-state index < -0.39 is 0 Å². The fourth-order valence-corrected chi connectivity index (χ4v) is 1.72. The summed E-state index contributed by atoms with van der Waals surface area (Å²) in [5.74, 6) is 0. The van der Waals surface area contributed by atoms with Crippen LogP contribution in [0.1, 0.15) is 44.6 Å². The molecular formula is C12H18ClN. The molecule has 0 saturated heterocycles. The molecule has 0 unspecified atom stereocenters. The molecule has 1 heterocycles. The maximum absolute atomic E-state index is 5.84. The van der Waals surface area contributed by atoms with Crippen LogP contribution in [0.25, 0.3) is 0 Å². The van der Waals surface area contributed by atoms with E-state index in [4.69, 9.17) is 11.6 Å². The van der Waals surface area contributed by atoms with E-state index in [1.807, 2.05) is 12.3 Å². The summed E-state index contributed by atoms with van der Waals surface area (Å²) in [6.45, 7) is 2.24. The molecule has 14 heavy (non-hydrogen) atoms. The maximum Gasteiger partial charge on any atom is 0.0592 e. The molecule has 1 nitrogen and oxygen atoms in total. The van der Waals surface area contributed by atoms with Crippen molar-refractivity contribution in [1.82, 2.24) is 4.98 Å².